The molecule has 2 rings (SSSR count). The Morgan fingerprint density at radius 1 is 1.50 bits per heavy atom. The number of rotatable bonds is 3. The van der Waals surface area contributed by atoms with Gasteiger partial charge < -0.3 is 15.3 Å². The minimum atomic E-state index is 0.0351. The van der Waals surface area contributed by atoms with Gasteiger partial charge in [-0.25, -0.2) is 0 Å². The highest BCUT2D eigenvalue weighted by Crippen LogP contribution is 2.23. The molecule has 0 aromatic carbocycles. The molecule has 0 radical (unpaired) electrons. The van der Waals surface area contributed by atoms with Crippen LogP contribution in [-0.2, 0) is 4.79 Å². The van der Waals surface area contributed by atoms with Crippen LogP contribution in [0.2, 0.25) is 0 Å². The summed E-state index contributed by atoms with van der Waals surface area (Å²) in [4.78, 5) is 14.2. The molecule has 4 nitrogen and oxygen atoms in total. The molecule has 3 atom stereocenters. The number of nitrogens with one attached hydrogen (secondary N) is 1. The molecule has 0 spiro atoms. The van der Waals surface area contributed by atoms with Crippen molar-refractivity contribution in [3.05, 3.63) is 0 Å². The standard InChI is InChI=1S/C12H22N2O2/c1-9-2-5-13-11(9)12(16)14-6-3-10(8-14)4-7-15/h9-11,13,15H,2-8H2,1H3. The monoisotopic (exact) mass is 226 g/mol. The van der Waals surface area contributed by atoms with Gasteiger partial charge >= 0.3 is 0 Å². The van der Waals surface area contributed by atoms with Gasteiger partial charge in [0.15, 0.2) is 0 Å². The normalized spacial score (nSPS) is 34.6. The molecule has 0 aromatic rings. The molecule has 2 saturated heterocycles. The molecule has 92 valence electrons. The first kappa shape index (κ1) is 11.9. The molecule has 0 aromatic heterocycles. The summed E-state index contributed by atoms with van der Waals surface area (Å²) in [5, 5.41) is 12.2. The number of hydrogen-bond donors (Lipinski definition) is 2. The van der Waals surface area contributed by atoms with Crippen LogP contribution in [0.25, 0.3) is 0 Å². The Morgan fingerprint density at radius 2 is 2.31 bits per heavy atom. The molecular weight excluding hydrogens is 204 g/mol. The lowest BCUT2D eigenvalue weighted by molar-refractivity contribution is -0.133. The first-order chi connectivity index (χ1) is 7.72. The van der Waals surface area contributed by atoms with Crippen molar-refractivity contribution < 1.29 is 9.90 Å². The number of carbonyl (C=O) groups is 1. The summed E-state index contributed by atoms with van der Waals surface area (Å²) in [7, 11) is 0. The molecule has 0 aliphatic carbocycles. The molecule has 3 unspecified atom stereocenters. The highest BCUT2D eigenvalue weighted by Gasteiger charge is 2.35. The van der Waals surface area contributed by atoms with Crippen LogP contribution in [0.1, 0.15) is 26.2 Å². The van der Waals surface area contributed by atoms with Gasteiger partial charge in [-0.05, 0) is 37.6 Å². The maximum Gasteiger partial charge on any atom is 0.239 e. The van der Waals surface area contributed by atoms with Crippen molar-refractivity contribution in [2.24, 2.45) is 11.8 Å². The van der Waals surface area contributed by atoms with Gasteiger partial charge in [-0.15, -0.1) is 0 Å². The third kappa shape index (κ3) is 2.38. The maximum absolute atomic E-state index is 12.2. The number of likely N-dealkylation sites (tertiary alicyclic amines) is 1. The van der Waals surface area contributed by atoms with Crippen LogP contribution >= 0.6 is 0 Å². The zero-order valence-electron chi connectivity index (χ0n) is 9.98. The predicted molar refractivity (Wildman–Crippen MR) is 62.0 cm³/mol. The molecule has 4 heteroatoms. The van der Waals surface area contributed by atoms with E-state index >= 15 is 0 Å². The van der Waals surface area contributed by atoms with Gasteiger partial charge in [0.1, 0.15) is 0 Å². The van der Waals surface area contributed by atoms with Gasteiger partial charge in [0.2, 0.25) is 5.91 Å². The van der Waals surface area contributed by atoms with E-state index in [0.29, 0.717) is 11.8 Å². The lowest BCUT2D eigenvalue weighted by Gasteiger charge is -2.23. The smallest absolute Gasteiger partial charge is 0.239 e. The number of aliphatic hydroxyl groups is 1. The van der Waals surface area contributed by atoms with E-state index in [-0.39, 0.29) is 18.6 Å². The molecule has 2 aliphatic rings. The average molecular weight is 226 g/mol. The number of carbonyl (C=O) groups excluding carboxylic acids is 1. The zero-order chi connectivity index (χ0) is 11.5. The second kappa shape index (κ2) is 5.15. The summed E-state index contributed by atoms with van der Waals surface area (Å²) >= 11 is 0. The van der Waals surface area contributed by atoms with Crippen molar-refractivity contribution in [3.63, 3.8) is 0 Å². The molecular formula is C12H22N2O2. The number of amides is 1. The molecule has 1 amide bonds. The summed E-state index contributed by atoms with van der Waals surface area (Å²) in [6, 6.07) is 0.0351. The van der Waals surface area contributed by atoms with Crippen LogP contribution in [0.3, 0.4) is 0 Å². The number of hydrogen-bond acceptors (Lipinski definition) is 3. The lowest BCUT2D eigenvalue weighted by atomic mass is 10.0. The van der Waals surface area contributed by atoms with E-state index in [1.165, 1.54) is 0 Å². The molecule has 16 heavy (non-hydrogen) atoms. The minimum absolute atomic E-state index is 0.0351. The SMILES string of the molecule is CC1CCNC1C(=O)N1CCC(CCO)C1. The molecule has 2 aliphatic heterocycles. The van der Waals surface area contributed by atoms with Crippen LogP contribution in [0.15, 0.2) is 0 Å². The number of aliphatic hydroxyl groups excluding tert-OH is 1. The van der Waals surface area contributed by atoms with Gasteiger partial charge in [-0.1, -0.05) is 6.92 Å². The number of nitrogens with zero attached hydrogens (tertiary/aromatic N) is 1. The topological polar surface area (TPSA) is 52.6 Å². The van der Waals surface area contributed by atoms with Crippen molar-refractivity contribution in [2.45, 2.75) is 32.2 Å². The average Bonchev–Trinajstić information content (AvgIpc) is 2.87. The second-order valence-corrected chi connectivity index (χ2v) is 5.15. The summed E-state index contributed by atoms with van der Waals surface area (Å²) in [5.74, 6) is 1.24. The van der Waals surface area contributed by atoms with E-state index in [2.05, 4.69) is 12.2 Å². The first-order valence-corrected chi connectivity index (χ1v) is 6.35. The van der Waals surface area contributed by atoms with Crippen molar-refractivity contribution in [3.8, 4) is 0 Å². The van der Waals surface area contributed by atoms with E-state index in [1.54, 1.807) is 0 Å². The van der Waals surface area contributed by atoms with E-state index in [9.17, 15) is 4.79 Å². The minimum Gasteiger partial charge on any atom is -0.396 e. The van der Waals surface area contributed by atoms with Gasteiger partial charge in [-0.3, -0.25) is 4.79 Å². The lowest BCUT2D eigenvalue weighted by Crippen LogP contribution is -2.45. The van der Waals surface area contributed by atoms with E-state index < -0.39 is 0 Å². The maximum atomic E-state index is 12.2. The first-order valence-electron chi connectivity index (χ1n) is 6.35. The predicted octanol–water partition coefficient (Wildman–Crippen LogP) is 0.215. The fourth-order valence-corrected chi connectivity index (χ4v) is 2.81. The Kier molecular flexibility index (Phi) is 3.82. The summed E-state index contributed by atoms with van der Waals surface area (Å²) in [6.07, 6.45) is 2.98. The highest BCUT2D eigenvalue weighted by molar-refractivity contribution is 5.82. The van der Waals surface area contributed by atoms with Crippen molar-refractivity contribution in [1.82, 2.24) is 10.2 Å². The molecule has 0 saturated carbocycles. The van der Waals surface area contributed by atoms with Crippen molar-refractivity contribution >= 4 is 5.91 Å². The highest BCUT2D eigenvalue weighted by atomic mass is 16.3. The molecule has 2 N–H and O–H groups in total. The Hall–Kier alpha value is -0.610. The Morgan fingerprint density at radius 3 is 2.94 bits per heavy atom. The van der Waals surface area contributed by atoms with Crippen molar-refractivity contribution in [1.29, 1.82) is 0 Å². The molecule has 0 bridgehead atoms. The third-order valence-corrected chi connectivity index (χ3v) is 3.93. The van der Waals surface area contributed by atoms with Gasteiger partial charge in [-0.2, -0.15) is 0 Å². The van der Waals surface area contributed by atoms with E-state index in [1.807, 2.05) is 4.90 Å². The van der Waals surface area contributed by atoms with Crippen LogP contribution in [0.4, 0.5) is 0 Å². The quantitative estimate of drug-likeness (QED) is 0.723. The second-order valence-electron chi connectivity index (χ2n) is 5.15. The van der Waals surface area contributed by atoms with Crippen LogP contribution < -0.4 is 5.32 Å². The Labute approximate surface area is 97.0 Å². The van der Waals surface area contributed by atoms with Crippen LogP contribution in [0, 0.1) is 11.8 Å². The molecule has 2 fully saturated rings. The summed E-state index contributed by atoms with van der Waals surface area (Å²) < 4.78 is 0. The summed E-state index contributed by atoms with van der Waals surface area (Å²) in [5.41, 5.74) is 0. The Balaban J connectivity index is 1.86. The molecule has 2 heterocycles. The zero-order valence-corrected chi connectivity index (χ0v) is 9.98. The fourth-order valence-electron chi connectivity index (χ4n) is 2.81. The van der Waals surface area contributed by atoms with E-state index in [4.69, 9.17) is 5.11 Å². The van der Waals surface area contributed by atoms with Crippen molar-refractivity contribution in [2.75, 3.05) is 26.2 Å². The van der Waals surface area contributed by atoms with Gasteiger partial charge in [0, 0.05) is 19.7 Å². The third-order valence-electron chi connectivity index (χ3n) is 3.93. The van der Waals surface area contributed by atoms with Gasteiger partial charge in [0.25, 0.3) is 0 Å². The van der Waals surface area contributed by atoms with Crippen LogP contribution in [0.5, 0.6) is 0 Å². The van der Waals surface area contributed by atoms with E-state index in [0.717, 1.165) is 38.9 Å². The largest absolute Gasteiger partial charge is 0.396 e. The van der Waals surface area contributed by atoms with Gasteiger partial charge in [0.05, 0.1) is 6.04 Å². The fraction of sp³-hybridized carbons (Fsp3) is 0.917. The Bertz CT molecular complexity index is 257. The van der Waals surface area contributed by atoms with Crippen LogP contribution in [-0.4, -0.2) is 48.2 Å². The summed E-state index contributed by atoms with van der Waals surface area (Å²) in [6.45, 7) is 5.05.